The molecule has 0 radical (unpaired) electrons. The number of rotatable bonds is 5. The molecule has 1 aliphatic heterocycles. The number of hydrogen-bond donors (Lipinski definition) is 1. The predicted molar refractivity (Wildman–Crippen MR) is 65.6 cm³/mol. The maximum atomic E-state index is 9.42. The van der Waals surface area contributed by atoms with Gasteiger partial charge in [-0.3, -0.25) is 9.88 Å². The highest BCUT2D eigenvalue weighted by Crippen LogP contribution is 2.30. The second-order valence-corrected chi connectivity index (χ2v) is 5.00. The third kappa shape index (κ3) is 2.65. The first-order valence-corrected chi connectivity index (χ1v) is 5.97. The van der Waals surface area contributed by atoms with Gasteiger partial charge in [0, 0.05) is 18.8 Å². The van der Waals surface area contributed by atoms with Crippen LogP contribution < -0.4 is 0 Å². The van der Waals surface area contributed by atoms with Gasteiger partial charge in [-0.05, 0) is 26.1 Å². The number of ether oxygens (including phenoxy) is 1. The molecule has 0 saturated carbocycles. The zero-order valence-electron chi connectivity index (χ0n) is 10.5. The molecule has 2 rings (SSSR count). The molecule has 94 valence electrons. The lowest BCUT2D eigenvalue weighted by Crippen LogP contribution is -2.52. The van der Waals surface area contributed by atoms with Gasteiger partial charge in [-0.15, -0.1) is 0 Å². The Morgan fingerprint density at radius 1 is 1.53 bits per heavy atom. The molecule has 0 spiro atoms. The van der Waals surface area contributed by atoms with E-state index < -0.39 is 0 Å². The Labute approximate surface area is 102 Å². The summed E-state index contributed by atoms with van der Waals surface area (Å²) in [6.45, 7) is 4.46. The van der Waals surface area contributed by atoms with E-state index in [4.69, 9.17) is 4.74 Å². The normalized spacial score (nSPS) is 20.0. The van der Waals surface area contributed by atoms with Crippen molar-refractivity contribution in [1.82, 2.24) is 9.88 Å². The van der Waals surface area contributed by atoms with Crippen molar-refractivity contribution in [3.8, 4) is 0 Å². The molecule has 0 amide bonds. The van der Waals surface area contributed by atoms with E-state index in [0.29, 0.717) is 13.2 Å². The highest BCUT2D eigenvalue weighted by atomic mass is 16.5. The van der Waals surface area contributed by atoms with Gasteiger partial charge >= 0.3 is 0 Å². The van der Waals surface area contributed by atoms with Crippen molar-refractivity contribution in [3.63, 3.8) is 0 Å². The average molecular weight is 236 g/mol. The third-order valence-electron chi connectivity index (χ3n) is 3.51. The smallest absolute Gasteiger partial charge is 0.0579 e. The molecule has 17 heavy (non-hydrogen) atoms. The molecule has 4 heteroatoms. The van der Waals surface area contributed by atoms with Crippen LogP contribution in [0.15, 0.2) is 24.4 Å². The van der Waals surface area contributed by atoms with Gasteiger partial charge in [0.2, 0.25) is 0 Å². The largest absolute Gasteiger partial charge is 0.396 e. The van der Waals surface area contributed by atoms with E-state index in [1.165, 1.54) is 0 Å². The number of hydrogen-bond acceptors (Lipinski definition) is 4. The first kappa shape index (κ1) is 12.5. The number of aliphatic hydroxyl groups excluding tert-OH is 1. The highest BCUT2D eigenvalue weighted by molar-refractivity contribution is 5.08. The summed E-state index contributed by atoms with van der Waals surface area (Å²) in [5, 5.41) is 9.42. The van der Waals surface area contributed by atoms with Crippen molar-refractivity contribution in [3.05, 3.63) is 30.1 Å². The van der Waals surface area contributed by atoms with Crippen molar-refractivity contribution >= 4 is 0 Å². The van der Waals surface area contributed by atoms with Crippen molar-refractivity contribution < 1.29 is 9.84 Å². The first-order chi connectivity index (χ1) is 8.17. The number of pyridine rings is 1. The number of nitrogens with zero attached hydrogens (tertiary/aromatic N) is 2. The molecule has 1 atom stereocenters. The number of aliphatic hydroxyl groups is 1. The van der Waals surface area contributed by atoms with E-state index in [1.807, 2.05) is 24.4 Å². The predicted octanol–water partition coefficient (Wildman–Crippen LogP) is 1.08. The molecule has 4 nitrogen and oxygen atoms in total. The van der Waals surface area contributed by atoms with Crippen LogP contribution in [-0.2, 0) is 4.74 Å². The summed E-state index contributed by atoms with van der Waals surface area (Å²) in [6.07, 6.45) is 1.81. The van der Waals surface area contributed by atoms with E-state index in [-0.39, 0.29) is 18.1 Å². The lowest BCUT2D eigenvalue weighted by molar-refractivity contribution is -0.149. The topological polar surface area (TPSA) is 45.6 Å². The van der Waals surface area contributed by atoms with Crippen LogP contribution in [0, 0.1) is 5.41 Å². The van der Waals surface area contributed by atoms with E-state index in [2.05, 4.69) is 23.9 Å². The number of aromatic nitrogens is 1. The maximum absolute atomic E-state index is 9.42. The van der Waals surface area contributed by atoms with Gasteiger partial charge in [-0.1, -0.05) is 6.07 Å². The molecule has 1 aliphatic rings. The highest BCUT2D eigenvalue weighted by Gasteiger charge is 2.39. The fourth-order valence-electron chi connectivity index (χ4n) is 2.14. The molecule has 0 aromatic carbocycles. The molecule has 2 heterocycles. The van der Waals surface area contributed by atoms with Crippen LogP contribution in [0.4, 0.5) is 0 Å². The maximum Gasteiger partial charge on any atom is 0.0579 e. The van der Waals surface area contributed by atoms with E-state index in [9.17, 15) is 5.11 Å². The van der Waals surface area contributed by atoms with Crippen molar-refractivity contribution in [2.75, 3.05) is 33.4 Å². The van der Waals surface area contributed by atoms with E-state index >= 15 is 0 Å². The Hall–Kier alpha value is -0.970. The Balaban J connectivity index is 1.98. The molecule has 1 fully saturated rings. The van der Waals surface area contributed by atoms with E-state index in [1.54, 1.807) is 0 Å². The summed E-state index contributed by atoms with van der Waals surface area (Å²) in [7, 11) is 2.06. The van der Waals surface area contributed by atoms with Gasteiger partial charge in [0.05, 0.1) is 30.9 Å². The Bertz CT molecular complexity index is 346. The van der Waals surface area contributed by atoms with Crippen LogP contribution >= 0.6 is 0 Å². The second kappa shape index (κ2) is 5.12. The molecule has 1 aromatic heterocycles. The minimum absolute atomic E-state index is 0.0716. The molecule has 1 N–H and O–H groups in total. The van der Waals surface area contributed by atoms with Gasteiger partial charge in [-0.25, -0.2) is 0 Å². The molecule has 1 aromatic rings. The quantitative estimate of drug-likeness (QED) is 0.831. The van der Waals surface area contributed by atoms with E-state index in [0.717, 1.165) is 12.2 Å². The van der Waals surface area contributed by atoms with Crippen LogP contribution in [0.5, 0.6) is 0 Å². The zero-order chi connectivity index (χ0) is 12.3. The Morgan fingerprint density at radius 3 is 2.76 bits per heavy atom. The van der Waals surface area contributed by atoms with Crippen LogP contribution in [-0.4, -0.2) is 48.4 Å². The lowest BCUT2D eigenvalue weighted by atomic mass is 9.86. The Kier molecular flexibility index (Phi) is 3.76. The van der Waals surface area contributed by atoms with Gasteiger partial charge < -0.3 is 9.84 Å². The van der Waals surface area contributed by atoms with Crippen LogP contribution in [0.3, 0.4) is 0 Å². The van der Waals surface area contributed by atoms with Gasteiger partial charge in [0.1, 0.15) is 0 Å². The first-order valence-electron chi connectivity index (χ1n) is 5.97. The molecule has 1 unspecified atom stereocenters. The van der Waals surface area contributed by atoms with Crippen LogP contribution in [0.2, 0.25) is 0 Å². The minimum Gasteiger partial charge on any atom is -0.396 e. The van der Waals surface area contributed by atoms with Crippen molar-refractivity contribution in [2.24, 2.45) is 5.41 Å². The summed E-state index contributed by atoms with van der Waals surface area (Å²) in [5.74, 6) is 0. The van der Waals surface area contributed by atoms with Gasteiger partial charge in [0.15, 0.2) is 0 Å². The third-order valence-corrected chi connectivity index (χ3v) is 3.51. The molecule has 0 bridgehead atoms. The second-order valence-electron chi connectivity index (χ2n) is 5.00. The SMILES string of the molecule is CC(c1ccccn1)N(C)CC1(CO)COC1. The molecular weight excluding hydrogens is 216 g/mol. The summed E-state index contributed by atoms with van der Waals surface area (Å²) in [4.78, 5) is 6.59. The fourth-order valence-corrected chi connectivity index (χ4v) is 2.14. The standard InChI is InChI=1S/C13H20N2O2/c1-11(12-5-3-4-6-14-12)15(2)7-13(8-16)9-17-10-13/h3-6,11,16H,7-10H2,1-2H3. The summed E-state index contributed by atoms with van der Waals surface area (Å²) < 4.78 is 5.21. The molecular formula is C13H20N2O2. The van der Waals surface area contributed by atoms with Crippen molar-refractivity contribution in [1.29, 1.82) is 0 Å². The molecule has 0 aliphatic carbocycles. The molecule has 1 saturated heterocycles. The van der Waals surface area contributed by atoms with Crippen molar-refractivity contribution in [2.45, 2.75) is 13.0 Å². The fraction of sp³-hybridized carbons (Fsp3) is 0.615. The van der Waals surface area contributed by atoms with Gasteiger partial charge in [-0.2, -0.15) is 0 Å². The summed E-state index contributed by atoms with van der Waals surface area (Å²) >= 11 is 0. The van der Waals surface area contributed by atoms with Crippen LogP contribution in [0.25, 0.3) is 0 Å². The zero-order valence-corrected chi connectivity index (χ0v) is 10.5. The minimum atomic E-state index is -0.0716. The Morgan fingerprint density at radius 2 is 2.29 bits per heavy atom. The van der Waals surface area contributed by atoms with Gasteiger partial charge in [0.25, 0.3) is 0 Å². The summed E-state index contributed by atoms with van der Waals surface area (Å²) in [6, 6.07) is 6.20. The average Bonchev–Trinajstić information content (AvgIpc) is 2.33. The lowest BCUT2D eigenvalue weighted by Gasteiger charge is -2.43. The monoisotopic (exact) mass is 236 g/mol. The summed E-state index contributed by atoms with van der Waals surface area (Å²) in [5.41, 5.74) is 0.987. The van der Waals surface area contributed by atoms with Crippen LogP contribution in [0.1, 0.15) is 18.7 Å².